The number of nitrogens with zero attached hydrogens (tertiary/aromatic N) is 3. The lowest BCUT2D eigenvalue weighted by atomic mass is 9.92. The third-order valence-corrected chi connectivity index (χ3v) is 3.87. The fraction of sp³-hybridized carbons (Fsp3) is 0.714. The second-order valence-corrected chi connectivity index (χ2v) is 5.21. The Balaban J connectivity index is 1.74. The van der Waals surface area contributed by atoms with Crippen LogP contribution in [0.1, 0.15) is 19.8 Å². The number of morpholine rings is 1. The van der Waals surface area contributed by atoms with Gasteiger partial charge >= 0.3 is 0 Å². The molecule has 1 aromatic heterocycles. The van der Waals surface area contributed by atoms with E-state index >= 15 is 0 Å². The number of aromatic nitrogens is 2. The van der Waals surface area contributed by atoms with Crippen LogP contribution < -0.4 is 9.64 Å². The molecule has 3 rings (SSSR count). The average Bonchev–Trinajstić information content (AvgIpc) is 2.49. The maximum Gasteiger partial charge on any atom is 0.234 e. The summed E-state index contributed by atoms with van der Waals surface area (Å²) in [4.78, 5) is 11.0. The van der Waals surface area contributed by atoms with Crippen molar-refractivity contribution >= 4 is 5.82 Å². The van der Waals surface area contributed by atoms with Crippen molar-refractivity contribution in [1.82, 2.24) is 9.97 Å². The van der Waals surface area contributed by atoms with Crippen molar-refractivity contribution in [3.63, 3.8) is 0 Å². The summed E-state index contributed by atoms with van der Waals surface area (Å²) in [6.45, 7) is 6.51. The second kappa shape index (κ2) is 5.93. The highest BCUT2D eigenvalue weighted by molar-refractivity contribution is 5.39. The van der Waals surface area contributed by atoms with Gasteiger partial charge in [0.15, 0.2) is 5.82 Å². The van der Waals surface area contributed by atoms with Gasteiger partial charge in [-0.25, -0.2) is 0 Å². The number of hydrogen-bond donors (Lipinski definition) is 0. The lowest BCUT2D eigenvalue weighted by Crippen LogP contribution is -2.54. The molecule has 0 amide bonds. The summed E-state index contributed by atoms with van der Waals surface area (Å²) in [5.74, 6) is 1.45. The number of rotatable bonds is 3. The first-order valence-corrected chi connectivity index (χ1v) is 7.23. The number of hydrogen-bond acceptors (Lipinski definition) is 6. The molecule has 2 saturated heterocycles. The van der Waals surface area contributed by atoms with Gasteiger partial charge in [-0.05, 0) is 6.92 Å². The molecule has 0 unspecified atom stereocenters. The van der Waals surface area contributed by atoms with Gasteiger partial charge < -0.3 is 19.1 Å². The molecule has 0 atom stereocenters. The van der Waals surface area contributed by atoms with Crippen LogP contribution in [0.3, 0.4) is 0 Å². The Morgan fingerprint density at radius 1 is 1.30 bits per heavy atom. The zero-order chi connectivity index (χ0) is 13.8. The van der Waals surface area contributed by atoms with Crippen LogP contribution in [0.15, 0.2) is 12.4 Å². The maximum atomic E-state index is 6.03. The molecule has 0 aliphatic carbocycles. The minimum absolute atomic E-state index is 0.0835. The first-order chi connectivity index (χ1) is 9.81. The van der Waals surface area contributed by atoms with Gasteiger partial charge in [-0.1, -0.05) is 0 Å². The maximum absolute atomic E-state index is 6.03. The van der Waals surface area contributed by atoms with Crippen LogP contribution in [0, 0.1) is 0 Å². The summed E-state index contributed by atoms with van der Waals surface area (Å²) in [6, 6.07) is 0. The van der Waals surface area contributed by atoms with Crippen LogP contribution >= 0.6 is 0 Å². The van der Waals surface area contributed by atoms with E-state index in [1.165, 1.54) is 0 Å². The Kier molecular flexibility index (Phi) is 4.03. The van der Waals surface area contributed by atoms with Crippen LogP contribution in [0.5, 0.6) is 5.88 Å². The summed E-state index contributed by atoms with van der Waals surface area (Å²) in [7, 11) is 0. The van der Waals surface area contributed by atoms with Crippen molar-refractivity contribution in [2.24, 2.45) is 0 Å². The highest BCUT2D eigenvalue weighted by Crippen LogP contribution is 2.31. The van der Waals surface area contributed by atoms with Gasteiger partial charge in [0, 0.05) is 39.1 Å². The molecule has 6 nitrogen and oxygen atoms in total. The third kappa shape index (κ3) is 2.86. The normalized spacial score (nSPS) is 21.9. The zero-order valence-electron chi connectivity index (χ0n) is 11.9. The molecule has 20 heavy (non-hydrogen) atoms. The smallest absolute Gasteiger partial charge is 0.234 e. The molecule has 1 aromatic rings. The van der Waals surface area contributed by atoms with Gasteiger partial charge in [0.25, 0.3) is 0 Å². The van der Waals surface area contributed by atoms with E-state index in [0.717, 1.165) is 51.6 Å². The molecule has 2 aliphatic heterocycles. The predicted octanol–water partition coefficient (Wildman–Crippen LogP) is 1.26. The minimum atomic E-state index is -0.0835. The lowest BCUT2D eigenvalue weighted by molar-refractivity contribution is -0.116. The molecule has 110 valence electrons. The van der Waals surface area contributed by atoms with Crippen LogP contribution in [0.2, 0.25) is 0 Å². The van der Waals surface area contributed by atoms with Crippen molar-refractivity contribution in [3.05, 3.63) is 12.4 Å². The van der Waals surface area contributed by atoms with Crippen LogP contribution in [-0.2, 0) is 9.47 Å². The van der Waals surface area contributed by atoms with Crippen molar-refractivity contribution in [1.29, 1.82) is 0 Å². The molecule has 0 radical (unpaired) electrons. The highest BCUT2D eigenvalue weighted by atomic mass is 16.5. The molecule has 3 heterocycles. The number of ether oxygens (including phenoxy) is 3. The molecule has 2 fully saturated rings. The Bertz CT molecular complexity index is 444. The van der Waals surface area contributed by atoms with E-state index in [2.05, 4.69) is 14.9 Å². The average molecular weight is 279 g/mol. The summed E-state index contributed by atoms with van der Waals surface area (Å²) < 4.78 is 16.9. The molecule has 0 aromatic carbocycles. The van der Waals surface area contributed by atoms with E-state index in [1.54, 1.807) is 12.4 Å². The van der Waals surface area contributed by atoms with Crippen LogP contribution in [0.4, 0.5) is 5.82 Å². The first kappa shape index (κ1) is 13.6. The van der Waals surface area contributed by atoms with Crippen LogP contribution in [0.25, 0.3) is 0 Å². The van der Waals surface area contributed by atoms with E-state index in [1.807, 2.05) is 6.92 Å². The first-order valence-electron chi connectivity index (χ1n) is 7.23. The molecule has 2 aliphatic rings. The lowest BCUT2D eigenvalue weighted by Gasteiger charge is -2.45. The second-order valence-electron chi connectivity index (χ2n) is 5.21. The fourth-order valence-electron chi connectivity index (χ4n) is 2.79. The van der Waals surface area contributed by atoms with Gasteiger partial charge in [-0.3, -0.25) is 4.98 Å². The highest BCUT2D eigenvalue weighted by Gasteiger charge is 2.38. The minimum Gasteiger partial charge on any atom is -0.477 e. The quantitative estimate of drug-likeness (QED) is 0.830. The Hall–Kier alpha value is -1.40. The summed E-state index contributed by atoms with van der Waals surface area (Å²) in [5, 5.41) is 0. The Morgan fingerprint density at radius 3 is 2.95 bits per heavy atom. The van der Waals surface area contributed by atoms with Gasteiger partial charge in [0.1, 0.15) is 0 Å². The largest absolute Gasteiger partial charge is 0.477 e. The Morgan fingerprint density at radius 2 is 2.15 bits per heavy atom. The monoisotopic (exact) mass is 279 g/mol. The molecule has 0 bridgehead atoms. The van der Waals surface area contributed by atoms with E-state index in [9.17, 15) is 0 Å². The molecular weight excluding hydrogens is 258 g/mol. The zero-order valence-corrected chi connectivity index (χ0v) is 11.9. The molecular formula is C14H21N3O3. The number of anilines is 1. The van der Waals surface area contributed by atoms with Crippen molar-refractivity contribution in [3.8, 4) is 5.88 Å². The molecule has 0 saturated carbocycles. The molecule has 1 spiro atoms. The standard InChI is InChI=1S/C14H21N3O3/c1-2-19-13-10-15-9-12(16-13)17-5-8-20-14(11-17)3-6-18-7-4-14/h9-10H,2-8,11H2,1H3. The predicted molar refractivity (Wildman–Crippen MR) is 74.2 cm³/mol. The van der Waals surface area contributed by atoms with E-state index in [4.69, 9.17) is 14.2 Å². The fourth-order valence-corrected chi connectivity index (χ4v) is 2.79. The van der Waals surface area contributed by atoms with E-state index < -0.39 is 0 Å². The molecule has 6 heteroatoms. The topological polar surface area (TPSA) is 56.7 Å². The summed E-state index contributed by atoms with van der Waals surface area (Å²) >= 11 is 0. The van der Waals surface area contributed by atoms with Crippen molar-refractivity contribution in [2.45, 2.75) is 25.4 Å². The van der Waals surface area contributed by atoms with Gasteiger partial charge in [-0.15, -0.1) is 0 Å². The van der Waals surface area contributed by atoms with Gasteiger partial charge in [-0.2, -0.15) is 4.98 Å². The van der Waals surface area contributed by atoms with Gasteiger partial charge in [0.05, 0.1) is 31.2 Å². The summed E-state index contributed by atoms with van der Waals surface area (Å²) in [5.41, 5.74) is -0.0835. The summed E-state index contributed by atoms with van der Waals surface area (Å²) in [6.07, 6.45) is 5.34. The van der Waals surface area contributed by atoms with E-state index in [-0.39, 0.29) is 5.60 Å². The SMILES string of the molecule is CCOc1cncc(N2CCOC3(CCOCC3)C2)n1. The van der Waals surface area contributed by atoms with Crippen molar-refractivity contribution in [2.75, 3.05) is 44.4 Å². The third-order valence-electron chi connectivity index (χ3n) is 3.87. The van der Waals surface area contributed by atoms with Gasteiger partial charge in [0.2, 0.25) is 5.88 Å². The molecule has 0 N–H and O–H groups in total. The van der Waals surface area contributed by atoms with Crippen LogP contribution in [-0.4, -0.2) is 55.1 Å². The Labute approximate surface area is 119 Å². The van der Waals surface area contributed by atoms with E-state index in [0.29, 0.717) is 12.5 Å². The van der Waals surface area contributed by atoms with Crippen molar-refractivity contribution < 1.29 is 14.2 Å².